The molecule has 0 atom stereocenters. The van der Waals surface area contributed by atoms with E-state index in [1.165, 1.54) is 16.5 Å². The lowest BCUT2D eigenvalue weighted by molar-refractivity contribution is 0.181. The van der Waals surface area contributed by atoms with Crippen molar-refractivity contribution in [1.29, 1.82) is 0 Å². The van der Waals surface area contributed by atoms with Crippen LogP contribution < -0.4 is 10.1 Å². The molecule has 3 aromatic rings. The van der Waals surface area contributed by atoms with E-state index >= 15 is 0 Å². The first kappa shape index (κ1) is 17.4. The third-order valence-electron chi connectivity index (χ3n) is 5.29. The third kappa shape index (κ3) is 3.74. The minimum atomic E-state index is -0.0109. The Morgan fingerprint density at radius 3 is 2.81 bits per heavy atom. The molecule has 2 N–H and O–H groups in total. The molecule has 1 aromatic carbocycles. The number of hydrogen-bond donors (Lipinski definition) is 2. The Balaban J connectivity index is 1.31. The van der Waals surface area contributed by atoms with Crippen molar-refractivity contribution < 1.29 is 9.53 Å². The summed E-state index contributed by atoms with van der Waals surface area (Å²) in [4.78, 5) is 21.9. The van der Waals surface area contributed by atoms with Gasteiger partial charge < -0.3 is 19.9 Å². The number of aromatic nitrogens is 2. The van der Waals surface area contributed by atoms with Gasteiger partial charge in [0.15, 0.2) is 0 Å². The number of likely N-dealkylation sites (tertiary alicyclic amines) is 1. The van der Waals surface area contributed by atoms with Gasteiger partial charge in [0.05, 0.1) is 7.11 Å². The molecule has 0 saturated carbocycles. The minimum Gasteiger partial charge on any atom is -0.481 e. The third-order valence-corrected chi connectivity index (χ3v) is 5.29. The topological polar surface area (TPSA) is 70.2 Å². The Morgan fingerprint density at radius 2 is 2.07 bits per heavy atom. The second kappa shape index (κ2) is 7.70. The Kier molecular flexibility index (Phi) is 4.96. The molecule has 1 saturated heterocycles. The van der Waals surface area contributed by atoms with Crippen LogP contribution >= 0.6 is 0 Å². The average molecular weight is 364 g/mol. The molecule has 0 bridgehead atoms. The molecule has 0 aliphatic carbocycles. The molecule has 27 heavy (non-hydrogen) atoms. The van der Waals surface area contributed by atoms with Gasteiger partial charge in [0, 0.05) is 49.0 Å². The number of nitrogens with zero attached hydrogens (tertiary/aromatic N) is 2. The molecular weight excluding hydrogens is 340 g/mol. The standard InChI is InChI=1S/C21H24N4O2/c1-27-20-7-6-15(12-23-20)13-24-21(26)25-10-8-16(9-11-25)18-14-22-19-5-3-2-4-17(18)19/h2-7,12,14,16,22H,8-11,13H2,1H3,(H,24,26). The molecule has 0 spiro atoms. The van der Waals surface area contributed by atoms with Crippen LogP contribution in [0.2, 0.25) is 0 Å². The quantitative estimate of drug-likeness (QED) is 0.742. The van der Waals surface area contributed by atoms with E-state index in [2.05, 4.69) is 39.7 Å². The van der Waals surface area contributed by atoms with Gasteiger partial charge in [-0.2, -0.15) is 0 Å². The van der Waals surface area contributed by atoms with Crippen molar-refractivity contribution in [3.8, 4) is 5.88 Å². The molecule has 6 nitrogen and oxygen atoms in total. The average Bonchev–Trinajstić information content (AvgIpc) is 3.16. The van der Waals surface area contributed by atoms with Crippen molar-refractivity contribution in [2.75, 3.05) is 20.2 Å². The smallest absolute Gasteiger partial charge is 0.317 e. The van der Waals surface area contributed by atoms with Crippen molar-refractivity contribution in [1.82, 2.24) is 20.2 Å². The fourth-order valence-electron chi connectivity index (χ4n) is 3.75. The normalized spacial score (nSPS) is 15.1. The van der Waals surface area contributed by atoms with Gasteiger partial charge in [0.1, 0.15) is 0 Å². The molecule has 1 fully saturated rings. The number of hydrogen-bond acceptors (Lipinski definition) is 3. The van der Waals surface area contributed by atoms with Gasteiger partial charge in [0.25, 0.3) is 0 Å². The van der Waals surface area contributed by atoms with E-state index in [-0.39, 0.29) is 6.03 Å². The van der Waals surface area contributed by atoms with Crippen molar-refractivity contribution in [2.45, 2.75) is 25.3 Å². The zero-order valence-electron chi connectivity index (χ0n) is 15.4. The van der Waals surface area contributed by atoms with Crippen LogP contribution in [-0.4, -0.2) is 41.1 Å². The fourth-order valence-corrected chi connectivity index (χ4v) is 3.75. The number of para-hydroxylation sites is 1. The summed E-state index contributed by atoms with van der Waals surface area (Å²) in [6, 6.07) is 12.1. The largest absolute Gasteiger partial charge is 0.481 e. The first-order valence-corrected chi connectivity index (χ1v) is 9.32. The Bertz CT molecular complexity index is 911. The highest BCUT2D eigenvalue weighted by Crippen LogP contribution is 2.33. The van der Waals surface area contributed by atoms with Crippen molar-refractivity contribution in [2.24, 2.45) is 0 Å². The van der Waals surface area contributed by atoms with Crippen LogP contribution in [0, 0.1) is 0 Å². The summed E-state index contributed by atoms with van der Waals surface area (Å²) in [5.41, 5.74) is 3.51. The lowest BCUT2D eigenvalue weighted by atomic mass is 9.89. The number of carbonyl (C=O) groups excluding carboxylic acids is 1. The van der Waals surface area contributed by atoms with E-state index in [0.717, 1.165) is 31.5 Å². The lowest BCUT2D eigenvalue weighted by Crippen LogP contribution is -2.43. The zero-order chi connectivity index (χ0) is 18.6. The maximum Gasteiger partial charge on any atom is 0.317 e. The number of fused-ring (bicyclic) bond motifs is 1. The van der Waals surface area contributed by atoms with Crippen molar-refractivity contribution >= 4 is 16.9 Å². The predicted molar refractivity (Wildman–Crippen MR) is 105 cm³/mol. The maximum absolute atomic E-state index is 12.5. The molecule has 1 aliphatic rings. The van der Waals surface area contributed by atoms with Crippen molar-refractivity contribution in [3.05, 3.63) is 59.9 Å². The highest BCUT2D eigenvalue weighted by molar-refractivity contribution is 5.83. The molecule has 0 unspecified atom stereocenters. The molecule has 2 aromatic heterocycles. The van der Waals surface area contributed by atoms with Crippen LogP contribution in [0.15, 0.2) is 48.8 Å². The first-order valence-electron chi connectivity index (χ1n) is 9.32. The molecule has 140 valence electrons. The van der Waals surface area contributed by atoms with Gasteiger partial charge in [-0.1, -0.05) is 24.3 Å². The number of amides is 2. The van der Waals surface area contributed by atoms with Crippen LogP contribution in [0.1, 0.15) is 29.9 Å². The van der Waals surface area contributed by atoms with Gasteiger partial charge in [-0.25, -0.2) is 9.78 Å². The summed E-state index contributed by atoms with van der Waals surface area (Å²) in [5.74, 6) is 1.07. The van der Waals surface area contributed by atoms with Crippen LogP contribution in [0.4, 0.5) is 4.79 Å². The second-order valence-corrected chi connectivity index (χ2v) is 6.92. The van der Waals surface area contributed by atoms with Crippen LogP contribution in [0.3, 0.4) is 0 Å². The van der Waals surface area contributed by atoms with E-state index in [1.807, 2.05) is 17.0 Å². The molecule has 4 rings (SSSR count). The molecule has 3 heterocycles. The maximum atomic E-state index is 12.5. The van der Waals surface area contributed by atoms with E-state index < -0.39 is 0 Å². The predicted octanol–water partition coefficient (Wildman–Crippen LogP) is 3.66. The summed E-state index contributed by atoms with van der Waals surface area (Å²) >= 11 is 0. The number of carbonyl (C=O) groups is 1. The van der Waals surface area contributed by atoms with Crippen LogP contribution in [-0.2, 0) is 6.54 Å². The summed E-state index contributed by atoms with van der Waals surface area (Å²) in [6.07, 6.45) is 5.82. The minimum absolute atomic E-state index is 0.0109. The number of aromatic amines is 1. The van der Waals surface area contributed by atoms with E-state index in [0.29, 0.717) is 18.3 Å². The monoisotopic (exact) mass is 364 g/mol. The highest BCUT2D eigenvalue weighted by Gasteiger charge is 2.25. The fraction of sp³-hybridized carbons (Fsp3) is 0.333. The van der Waals surface area contributed by atoms with Gasteiger partial charge >= 0.3 is 6.03 Å². The molecule has 6 heteroatoms. The molecule has 2 amide bonds. The molecular formula is C21H24N4O2. The SMILES string of the molecule is COc1ccc(CNC(=O)N2CCC(c3c[nH]c4ccccc34)CC2)cn1. The van der Waals surface area contributed by atoms with Gasteiger partial charge in [-0.3, -0.25) is 0 Å². The highest BCUT2D eigenvalue weighted by atomic mass is 16.5. The van der Waals surface area contributed by atoms with E-state index in [1.54, 1.807) is 19.4 Å². The first-order chi connectivity index (χ1) is 13.2. The number of H-pyrrole nitrogens is 1. The van der Waals surface area contributed by atoms with Gasteiger partial charge in [-0.15, -0.1) is 0 Å². The lowest BCUT2D eigenvalue weighted by Gasteiger charge is -2.32. The molecule has 0 radical (unpaired) electrons. The number of urea groups is 1. The number of rotatable bonds is 4. The van der Waals surface area contributed by atoms with Crippen LogP contribution in [0.5, 0.6) is 5.88 Å². The number of pyridine rings is 1. The van der Waals surface area contributed by atoms with Crippen LogP contribution in [0.25, 0.3) is 10.9 Å². The van der Waals surface area contributed by atoms with Crippen molar-refractivity contribution in [3.63, 3.8) is 0 Å². The Labute approximate surface area is 158 Å². The number of nitrogens with one attached hydrogen (secondary N) is 2. The van der Waals surface area contributed by atoms with Gasteiger partial charge in [0.2, 0.25) is 5.88 Å². The molecule has 1 aliphatic heterocycles. The summed E-state index contributed by atoms with van der Waals surface area (Å²) < 4.78 is 5.05. The number of piperidine rings is 1. The summed E-state index contributed by atoms with van der Waals surface area (Å²) in [6.45, 7) is 2.02. The summed E-state index contributed by atoms with van der Waals surface area (Å²) in [7, 11) is 1.59. The van der Waals surface area contributed by atoms with E-state index in [9.17, 15) is 4.79 Å². The van der Waals surface area contributed by atoms with E-state index in [4.69, 9.17) is 4.74 Å². The Morgan fingerprint density at radius 1 is 1.26 bits per heavy atom. The Hall–Kier alpha value is -3.02. The number of ether oxygens (including phenoxy) is 1. The zero-order valence-corrected chi connectivity index (χ0v) is 15.4. The second-order valence-electron chi connectivity index (χ2n) is 6.92. The number of benzene rings is 1. The summed E-state index contributed by atoms with van der Waals surface area (Å²) in [5, 5.41) is 4.28. The van der Waals surface area contributed by atoms with Gasteiger partial charge in [-0.05, 0) is 36.0 Å². The number of methoxy groups -OCH3 is 1.